The molecule has 23 heavy (non-hydrogen) atoms. The number of rotatable bonds is 5. The molecule has 2 aromatic heterocycles. The fraction of sp³-hybridized carbons (Fsp3) is 0.0769. The predicted molar refractivity (Wildman–Crippen MR) is 84.3 cm³/mol. The summed E-state index contributed by atoms with van der Waals surface area (Å²) in [5, 5.41) is 23.7. The number of nitro groups is 2. The molecular weight excluding hydrogens is 324 g/mol. The summed E-state index contributed by atoms with van der Waals surface area (Å²) in [7, 11) is 0. The van der Waals surface area contributed by atoms with Gasteiger partial charge in [-0.1, -0.05) is 11.3 Å². The summed E-state index contributed by atoms with van der Waals surface area (Å²) in [6.45, 7) is 1.59. The van der Waals surface area contributed by atoms with Gasteiger partial charge in [0.15, 0.2) is 0 Å². The van der Waals surface area contributed by atoms with Crippen LogP contribution in [0.2, 0.25) is 0 Å². The summed E-state index contributed by atoms with van der Waals surface area (Å²) in [5.74, 6) is -0.284. The van der Waals surface area contributed by atoms with Gasteiger partial charge in [-0.2, -0.15) is 0 Å². The molecule has 2 aromatic rings. The minimum absolute atomic E-state index is 0.0158. The van der Waals surface area contributed by atoms with Crippen molar-refractivity contribution in [3.8, 4) is 0 Å². The number of thiophene rings is 1. The number of pyridine rings is 1. The van der Waals surface area contributed by atoms with Crippen LogP contribution >= 0.6 is 11.3 Å². The van der Waals surface area contributed by atoms with Gasteiger partial charge in [0.25, 0.3) is 5.69 Å². The lowest BCUT2D eigenvalue weighted by Gasteiger charge is -2.04. The van der Waals surface area contributed by atoms with Gasteiger partial charge in [0, 0.05) is 23.1 Å². The Morgan fingerprint density at radius 2 is 2.04 bits per heavy atom. The summed E-state index contributed by atoms with van der Waals surface area (Å²) in [5.41, 5.74) is 0.287. The number of anilines is 1. The SMILES string of the molecule is Cc1cc([N+](=O)[O-])cnc1NC(=O)/C=C/c1ccc([N+](=O)[O-])s1. The number of nitrogens with one attached hydrogen (secondary N) is 1. The second-order valence-corrected chi connectivity index (χ2v) is 5.47. The van der Waals surface area contributed by atoms with Gasteiger partial charge < -0.3 is 5.32 Å². The maximum Gasteiger partial charge on any atom is 0.324 e. The Morgan fingerprint density at radius 3 is 2.61 bits per heavy atom. The van der Waals surface area contributed by atoms with E-state index in [0.29, 0.717) is 10.4 Å². The molecule has 0 bridgehead atoms. The fourth-order valence-corrected chi connectivity index (χ4v) is 2.36. The van der Waals surface area contributed by atoms with Gasteiger partial charge in [0.1, 0.15) is 12.0 Å². The number of nitrogens with zero attached hydrogens (tertiary/aromatic N) is 3. The van der Waals surface area contributed by atoms with E-state index in [1.54, 1.807) is 6.92 Å². The highest BCUT2D eigenvalue weighted by molar-refractivity contribution is 7.16. The smallest absolute Gasteiger partial charge is 0.307 e. The lowest BCUT2D eigenvalue weighted by atomic mass is 10.2. The molecule has 0 atom stereocenters. The van der Waals surface area contributed by atoms with Crippen molar-refractivity contribution in [2.45, 2.75) is 6.92 Å². The van der Waals surface area contributed by atoms with Crippen LogP contribution in [0.3, 0.4) is 0 Å². The zero-order valence-corrected chi connectivity index (χ0v) is 12.6. The highest BCUT2D eigenvalue weighted by atomic mass is 32.1. The van der Waals surface area contributed by atoms with Crippen LogP contribution in [0, 0.1) is 27.2 Å². The topological polar surface area (TPSA) is 128 Å². The highest BCUT2D eigenvalue weighted by Gasteiger charge is 2.11. The first-order chi connectivity index (χ1) is 10.9. The fourth-order valence-electron chi connectivity index (χ4n) is 1.64. The minimum Gasteiger partial charge on any atom is -0.307 e. The predicted octanol–water partition coefficient (Wildman–Crippen LogP) is 2.92. The molecule has 0 unspecified atom stereocenters. The van der Waals surface area contributed by atoms with Crippen molar-refractivity contribution in [1.82, 2.24) is 4.98 Å². The Morgan fingerprint density at radius 1 is 1.30 bits per heavy atom. The summed E-state index contributed by atoms with van der Waals surface area (Å²) >= 11 is 0.941. The summed E-state index contributed by atoms with van der Waals surface area (Å²) in [6, 6.07) is 4.18. The van der Waals surface area contributed by atoms with Crippen LogP contribution in [0.4, 0.5) is 16.5 Å². The molecule has 0 radical (unpaired) electrons. The molecule has 0 aliphatic rings. The van der Waals surface area contributed by atoms with Crippen molar-refractivity contribution >= 4 is 39.8 Å². The van der Waals surface area contributed by atoms with E-state index in [-0.39, 0.29) is 16.5 Å². The van der Waals surface area contributed by atoms with E-state index in [1.165, 1.54) is 30.4 Å². The first-order valence-corrected chi connectivity index (χ1v) is 7.03. The first-order valence-electron chi connectivity index (χ1n) is 6.21. The lowest BCUT2D eigenvalue weighted by Crippen LogP contribution is -2.10. The standard InChI is InChI=1S/C13H10N4O5S/c1-8-6-9(16(19)20)7-14-13(8)15-11(18)4-2-10-3-5-12(23-10)17(21)22/h2-7H,1H3,(H,14,15,18)/b4-2+. The monoisotopic (exact) mass is 334 g/mol. The van der Waals surface area contributed by atoms with Gasteiger partial charge >= 0.3 is 5.00 Å². The molecule has 0 spiro atoms. The van der Waals surface area contributed by atoms with Crippen molar-refractivity contribution < 1.29 is 14.6 Å². The Kier molecular flexibility index (Phi) is 4.76. The van der Waals surface area contributed by atoms with Gasteiger partial charge in [0.2, 0.25) is 5.91 Å². The number of aryl methyl sites for hydroxylation is 1. The van der Waals surface area contributed by atoms with Gasteiger partial charge in [-0.25, -0.2) is 4.98 Å². The molecule has 10 heteroatoms. The molecule has 118 valence electrons. The van der Waals surface area contributed by atoms with Crippen LogP contribution in [0.15, 0.2) is 30.5 Å². The van der Waals surface area contributed by atoms with Crippen molar-refractivity contribution in [2.24, 2.45) is 0 Å². The third-order valence-corrected chi connectivity index (χ3v) is 3.71. The van der Waals surface area contributed by atoms with Crippen LogP contribution in [-0.4, -0.2) is 20.7 Å². The summed E-state index contributed by atoms with van der Waals surface area (Å²) < 4.78 is 0. The van der Waals surface area contributed by atoms with Crippen LogP contribution in [0.25, 0.3) is 6.08 Å². The Labute approximate surface area is 133 Å². The van der Waals surface area contributed by atoms with Crippen molar-refractivity contribution in [3.05, 3.63) is 61.1 Å². The second-order valence-electron chi connectivity index (χ2n) is 4.37. The van der Waals surface area contributed by atoms with Crippen molar-refractivity contribution in [1.29, 1.82) is 0 Å². The third kappa shape index (κ3) is 4.17. The number of hydrogen-bond acceptors (Lipinski definition) is 7. The third-order valence-electron chi connectivity index (χ3n) is 2.71. The molecule has 2 rings (SSSR count). The lowest BCUT2D eigenvalue weighted by molar-refractivity contribution is -0.385. The van der Waals surface area contributed by atoms with E-state index in [2.05, 4.69) is 10.3 Å². The Balaban J connectivity index is 2.05. The van der Waals surface area contributed by atoms with Gasteiger partial charge in [-0.05, 0) is 24.6 Å². The Bertz CT molecular complexity index is 814. The van der Waals surface area contributed by atoms with E-state index in [1.807, 2.05) is 0 Å². The van der Waals surface area contributed by atoms with Crippen molar-refractivity contribution in [3.63, 3.8) is 0 Å². The molecule has 0 fully saturated rings. The molecular formula is C13H10N4O5S. The number of aromatic nitrogens is 1. The summed E-state index contributed by atoms with van der Waals surface area (Å²) in [4.78, 5) is 36.3. The molecule has 2 heterocycles. The quantitative estimate of drug-likeness (QED) is 0.508. The average molecular weight is 334 g/mol. The molecule has 0 saturated heterocycles. The van der Waals surface area contributed by atoms with Crippen molar-refractivity contribution in [2.75, 3.05) is 5.32 Å². The molecule has 9 nitrogen and oxygen atoms in total. The van der Waals surface area contributed by atoms with Crippen LogP contribution in [0.1, 0.15) is 10.4 Å². The van der Waals surface area contributed by atoms with Gasteiger partial charge in [-0.3, -0.25) is 25.0 Å². The maximum absolute atomic E-state index is 11.8. The van der Waals surface area contributed by atoms with E-state index in [4.69, 9.17) is 0 Å². The second kappa shape index (κ2) is 6.75. The molecule has 0 saturated carbocycles. The molecule has 0 aliphatic heterocycles. The molecule has 1 N–H and O–H groups in total. The first kappa shape index (κ1) is 16.2. The zero-order chi connectivity index (χ0) is 17.0. The highest BCUT2D eigenvalue weighted by Crippen LogP contribution is 2.25. The largest absolute Gasteiger partial charge is 0.324 e. The maximum atomic E-state index is 11.8. The molecule has 0 aromatic carbocycles. The van der Waals surface area contributed by atoms with E-state index in [0.717, 1.165) is 17.5 Å². The number of amides is 1. The van der Waals surface area contributed by atoms with Crippen LogP contribution < -0.4 is 5.32 Å². The van der Waals surface area contributed by atoms with E-state index in [9.17, 15) is 25.0 Å². The van der Waals surface area contributed by atoms with Crippen LogP contribution in [0.5, 0.6) is 0 Å². The number of carbonyl (C=O) groups excluding carboxylic acids is 1. The Hall–Kier alpha value is -3.14. The number of carbonyl (C=O) groups is 1. The zero-order valence-electron chi connectivity index (χ0n) is 11.8. The van der Waals surface area contributed by atoms with E-state index >= 15 is 0 Å². The molecule has 0 aliphatic carbocycles. The normalized spacial score (nSPS) is 10.7. The number of hydrogen-bond donors (Lipinski definition) is 1. The molecule has 1 amide bonds. The van der Waals surface area contributed by atoms with Gasteiger partial charge in [-0.15, -0.1) is 0 Å². The van der Waals surface area contributed by atoms with Crippen LogP contribution in [-0.2, 0) is 4.79 Å². The van der Waals surface area contributed by atoms with Gasteiger partial charge in [0.05, 0.1) is 9.85 Å². The van der Waals surface area contributed by atoms with E-state index < -0.39 is 15.8 Å². The minimum atomic E-state index is -0.574. The summed E-state index contributed by atoms with van der Waals surface area (Å²) in [6.07, 6.45) is 3.70. The average Bonchev–Trinajstić information content (AvgIpc) is 2.96.